The van der Waals surface area contributed by atoms with Crippen molar-refractivity contribution in [1.29, 1.82) is 0 Å². The van der Waals surface area contributed by atoms with Crippen molar-refractivity contribution in [1.82, 2.24) is 15.4 Å². The number of aliphatic imine (C=N–C) groups is 1. The number of aliphatic hydroxyl groups is 1. The van der Waals surface area contributed by atoms with Crippen LogP contribution in [0.4, 0.5) is 5.69 Å². The molecule has 2 aliphatic carbocycles. The highest BCUT2D eigenvalue weighted by molar-refractivity contribution is 7.89. The molecule has 34 heavy (non-hydrogen) atoms. The summed E-state index contributed by atoms with van der Waals surface area (Å²) in [5.41, 5.74) is 10.8. The van der Waals surface area contributed by atoms with Gasteiger partial charge >= 0.3 is 0 Å². The first kappa shape index (κ1) is 26.1. The maximum absolute atomic E-state index is 12.9. The minimum atomic E-state index is -3.89. The lowest BCUT2D eigenvalue weighted by molar-refractivity contribution is -0.128. The SMILES string of the molecule is CC1(C)C2CCC1(CS(=O)(=O)NC(CO)NCC(=O)NCc1ccc(N=C(N)N)cc1)C(=O)C2. The van der Waals surface area contributed by atoms with Gasteiger partial charge in [-0.1, -0.05) is 26.0 Å². The van der Waals surface area contributed by atoms with E-state index in [1.54, 1.807) is 24.3 Å². The van der Waals surface area contributed by atoms with E-state index in [1.165, 1.54) is 0 Å². The van der Waals surface area contributed by atoms with Crippen molar-refractivity contribution in [2.75, 3.05) is 18.9 Å². The molecular formula is C22H34N6O5S. The minimum Gasteiger partial charge on any atom is -0.393 e. The number of aliphatic hydroxyl groups excluding tert-OH is 1. The average molecular weight is 495 g/mol. The van der Waals surface area contributed by atoms with Gasteiger partial charge in [-0.25, -0.2) is 13.4 Å². The van der Waals surface area contributed by atoms with Crippen LogP contribution in [-0.4, -0.2) is 56.2 Å². The number of nitrogens with one attached hydrogen (secondary N) is 3. The van der Waals surface area contributed by atoms with Gasteiger partial charge in [0.15, 0.2) is 5.96 Å². The van der Waals surface area contributed by atoms with E-state index in [2.05, 4.69) is 20.3 Å². The van der Waals surface area contributed by atoms with E-state index in [9.17, 15) is 23.1 Å². The summed E-state index contributed by atoms with van der Waals surface area (Å²) in [6.45, 7) is 3.42. The molecule has 8 N–H and O–H groups in total. The lowest BCUT2D eigenvalue weighted by Gasteiger charge is -2.36. The van der Waals surface area contributed by atoms with E-state index in [-0.39, 0.29) is 47.8 Å². The van der Waals surface area contributed by atoms with Crippen molar-refractivity contribution >= 4 is 33.4 Å². The molecule has 1 amide bonds. The standard InChI is InChI=1S/C22H34N6O5S/c1-21(2)15-7-8-22(21,17(30)9-15)13-34(32,33)28-18(12-29)25-11-19(31)26-10-14-3-5-16(6-4-14)27-20(23)24/h3-6,15,18,25,28-29H,7-13H2,1-2H3,(H,26,31)(H4,23,24,27). The lowest BCUT2D eigenvalue weighted by atomic mass is 9.70. The molecular weight excluding hydrogens is 460 g/mol. The number of nitrogens with zero attached hydrogens (tertiary/aromatic N) is 1. The summed E-state index contributed by atoms with van der Waals surface area (Å²) in [6, 6.07) is 6.94. The molecule has 12 heteroatoms. The maximum atomic E-state index is 12.9. The summed E-state index contributed by atoms with van der Waals surface area (Å²) in [4.78, 5) is 28.8. The van der Waals surface area contributed by atoms with Gasteiger partial charge in [-0.05, 0) is 41.9 Å². The minimum absolute atomic E-state index is 0.00154. The third-order valence-electron chi connectivity index (χ3n) is 7.27. The van der Waals surface area contributed by atoms with Crippen LogP contribution >= 0.6 is 0 Å². The van der Waals surface area contributed by atoms with Crippen LogP contribution in [0.5, 0.6) is 0 Å². The maximum Gasteiger partial charge on any atom is 0.234 e. The van der Waals surface area contributed by atoms with Crippen molar-refractivity contribution < 1.29 is 23.1 Å². The van der Waals surface area contributed by atoms with Crippen LogP contribution in [0.15, 0.2) is 29.3 Å². The quantitative estimate of drug-likeness (QED) is 0.134. The number of fused-ring (bicyclic) bond motifs is 2. The highest BCUT2D eigenvalue weighted by Gasteiger charge is 2.65. The molecule has 0 aromatic heterocycles. The molecule has 0 spiro atoms. The molecule has 11 nitrogen and oxygen atoms in total. The summed E-state index contributed by atoms with van der Waals surface area (Å²) < 4.78 is 28.2. The Bertz CT molecular complexity index is 1050. The van der Waals surface area contributed by atoms with E-state index in [0.29, 0.717) is 18.5 Å². The lowest BCUT2D eigenvalue weighted by Crippen LogP contribution is -2.53. The van der Waals surface area contributed by atoms with E-state index in [1.807, 2.05) is 13.8 Å². The Hall–Kier alpha value is -2.54. The average Bonchev–Trinajstić information content (AvgIpc) is 3.09. The van der Waals surface area contributed by atoms with Gasteiger partial charge < -0.3 is 21.9 Å². The van der Waals surface area contributed by atoms with Crippen LogP contribution in [0.25, 0.3) is 0 Å². The summed E-state index contributed by atoms with van der Waals surface area (Å²) in [6.07, 6.45) is 0.758. The molecule has 3 rings (SSSR count). The number of carbonyl (C=O) groups excluding carboxylic acids is 2. The largest absolute Gasteiger partial charge is 0.393 e. The van der Waals surface area contributed by atoms with Crippen LogP contribution in [0.3, 0.4) is 0 Å². The predicted molar refractivity (Wildman–Crippen MR) is 128 cm³/mol. The van der Waals surface area contributed by atoms with Gasteiger partial charge in [-0.3, -0.25) is 14.9 Å². The second kappa shape index (κ2) is 9.98. The van der Waals surface area contributed by atoms with Crippen molar-refractivity contribution in [2.24, 2.45) is 33.2 Å². The Morgan fingerprint density at radius 3 is 2.47 bits per heavy atom. The van der Waals surface area contributed by atoms with Gasteiger partial charge in [0.1, 0.15) is 5.78 Å². The first-order valence-electron chi connectivity index (χ1n) is 11.2. The fourth-order valence-corrected chi connectivity index (χ4v) is 7.15. The van der Waals surface area contributed by atoms with Gasteiger partial charge in [0.25, 0.3) is 0 Å². The Kier molecular flexibility index (Phi) is 7.65. The molecule has 2 saturated carbocycles. The fraction of sp³-hybridized carbons (Fsp3) is 0.591. The smallest absolute Gasteiger partial charge is 0.234 e. The van der Waals surface area contributed by atoms with Crippen molar-refractivity contribution in [3.05, 3.63) is 29.8 Å². The molecule has 188 valence electrons. The van der Waals surface area contributed by atoms with Crippen LogP contribution in [0.1, 0.15) is 38.7 Å². The van der Waals surface area contributed by atoms with E-state index in [4.69, 9.17) is 11.5 Å². The molecule has 2 aliphatic rings. The molecule has 1 aromatic carbocycles. The summed E-state index contributed by atoms with van der Waals surface area (Å²) in [7, 11) is -3.89. The number of sulfonamides is 1. The Labute approximate surface area is 199 Å². The number of guanidine groups is 1. The first-order valence-corrected chi connectivity index (χ1v) is 12.9. The molecule has 0 aliphatic heterocycles. The molecule has 3 unspecified atom stereocenters. The summed E-state index contributed by atoms with van der Waals surface area (Å²) in [5.74, 6) is -0.545. The molecule has 0 heterocycles. The Morgan fingerprint density at radius 2 is 1.94 bits per heavy atom. The molecule has 0 radical (unpaired) electrons. The number of benzene rings is 1. The number of hydrogen-bond donors (Lipinski definition) is 6. The van der Waals surface area contributed by atoms with Gasteiger partial charge in [0.2, 0.25) is 15.9 Å². The number of amides is 1. The highest BCUT2D eigenvalue weighted by Crippen LogP contribution is 2.64. The third-order valence-corrected chi connectivity index (χ3v) is 8.79. The molecule has 3 atom stereocenters. The molecule has 1 aromatic rings. The topological polar surface area (TPSA) is 189 Å². The third kappa shape index (κ3) is 5.57. The van der Waals surface area contributed by atoms with Crippen LogP contribution in [0.2, 0.25) is 0 Å². The zero-order valence-corrected chi connectivity index (χ0v) is 20.3. The molecule has 0 saturated heterocycles. The van der Waals surface area contributed by atoms with Crippen molar-refractivity contribution in [3.63, 3.8) is 0 Å². The van der Waals surface area contributed by atoms with Crippen LogP contribution < -0.4 is 26.8 Å². The summed E-state index contributed by atoms with van der Waals surface area (Å²) in [5, 5.41) is 15.0. The van der Waals surface area contributed by atoms with Crippen LogP contribution in [0, 0.1) is 16.7 Å². The highest BCUT2D eigenvalue weighted by atomic mass is 32.2. The number of Topliss-reactive ketones (excluding diaryl/α,β-unsaturated/α-hetero) is 1. The number of hydrogen-bond acceptors (Lipinski definition) is 7. The zero-order chi connectivity index (χ0) is 25.1. The number of rotatable bonds is 11. The second-order valence-electron chi connectivity index (χ2n) is 9.64. The molecule has 2 bridgehead atoms. The van der Waals surface area contributed by atoms with Crippen molar-refractivity contribution in [2.45, 2.75) is 45.8 Å². The molecule has 2 fully saturated rings. The van der Waals surface area contributed by atoms with Crippen molar-refractivity contribution in [3.8, 4) is 0 Å². The fourth-order valence-electron chi connectivity index (χ4n) is 5.15. The van der Waals surface area contributed by atoms with Gasteiger partial charge in [-0.2, -0.15) is 4.72 Å². The van der Waals surface area contributed by atoms with Gasteiger partial charge in [0.05, 0.1) is 30.8 Å². The van der Waals surface area contributed by atoms with Crippen LogP contribution in [-0.2, 0) is 26.2 Å². The van der Waals surface area contributed by atoms with Gasteiger partial charge in [-0.15, -0.1) is 0 Å². The monoisotopic (exact) mass is 494 g/mol. The van der Waals surface area contributed by atoms with Gasteiger partial charge in [0, 0.05) is 18.4 Å². The van der Waals surface area contributed by atoms with E-state index >= 15 is 0 Å². The van der Waals surface area contributed by atoms with E-state index < -0.39 is 28.2 Å². The Balaban J connectivity index is 1.50. The van der Waals surface area contributed by atoms with E-state index in [0.717, 1.165) is 12.0 Å². The number of ketones is 1. The normalized spacial score (nSPS) is 24.1. The first-order chi connectivity index (χ1) is 15.9. The second-order valence-corrected chi connectivity index (χ2v) is 11.4. The summed E-state index contributed by atoms with van der Waals surface area (Å²) >= 11 is 0. The Morgan fingerprint density at radius 1 is 1.26 bits per heavy atom. The zero-order valence-electron chi connectivity index (χ0n) is 19.5. The number of nitrogens with two attached hydrogens (primary N) is 2. The predicted octanol–water partition coefficient (Wildman–Crippen LogP) is -0.569. The number of carbonyl (C=O) groups is 2.